The van der Waals surface area contributed by atoms with Crippen LogP contribution < -0.4 is 5.73 Å². The molecule has 0 radical (unpaired) electrons. The Kier molecular flexibility index (Phi) is 2.33. The van der Waals surface area contributed by atoms with E-state index in [9.17, 15) is 4.79 Å². The Morgan fingerprint density at radius 3 is 2.75 bits per heavy atom. The van der Waals surface area contributed by atoms with E-state index in [0.717, 1.165) is 5.56 Å². The van der Waals surface area contributed by atoms with E-state index in [0.29, 0.717) is 5.69 Å². The largest absolute Gasteiger partial charge is 0.481 e. The summed E-state index contributed by atoms with van der Waals surface area (Å²) in [5, 5.41) is 8.69. The van der Waals surface area contributed by atoms with Crippen molar-refractivity contribution >= 4 is 11.7 Å². The number of carboxylic acids is 1. The monoisotopic (exact) mass is 165 g/mol. The van der Waals surface area contributed by atoms with Crippen LogP contribution >= 0.6 is 0 Å². The molecule has 0 heterocycles. The zero-order valence-corrected chi connectivity index (χ0v) is 6.82. The number of nitrogens with two attached hydrogens (primary N) is 1. The summed E-state index contributed by atoms with van der Waals surface area (Å²) < 4.78 is 0. The van der Waals surface area contributed by atoms with Gasteiger partial charge in [-0.3, -0.25) is 4.79 Å². The molecule has 1 unspecified atom stereocenters. The van der Waals surface area contributed by atoms with Gasteiger partial charge in [-0.2, -0.15) is 0 Å². The van der Waals surface area contributed by atoms with Gasteiger partial charge in [0.25, 0.3) is 0 Å². The molecule has 1 rings (SSSR count). The summed E-state index contributed by atoms with van der Waals surface area (Å²) in [6.07, 6.45) is 0. The van der Waals surface area contributed by atoms with E-state index in [1.807, 2.05) is 0 Å². The minimum atomic E-state index is -0.833. The summed E-state index contributed by atoms with van der Waals surface area (Å²) >= 11 is 0. The van der Waals surface area contributed by atoms with E-state index in [2.05, 4.69) is 0 Å². The van der Waals surface area contributed by atoms with Crippen molar-refractivity contribution in [1.29, 1.82) is 0 Å². The van der Waals surface area contributed by atoms with Crippen molar-refractivity contribution in [1.82, 2.24) is 0 Å². The van der Waals surface area contributed by atoms with Crippen LogP contribution in [-0.2, 0) is 4.79 Å². The lowest BCUT2D eigenvalue weighted by molar-refractivity contribution is -0.138. The summed E-state index contributed by atoms with van der Waals surface area (Å²) in [6, 6.07) is 6.93. The van der Waals surface area contributed by atoms with Crippen molar-refractivity contribution in [3.63, 3.8) is 0 Å². The van der Waals surface area contributed by atoms with Gasteiger partial charge in [0.15, 0.2) is 0 Å². The average molecular weight is 165 g/mol. The number of nitrogen functional groups attached to an aromatic ring is 1. The summed E-state index contributed by atoms with van der Waals surface area (Å²) in [4.78, 5) is 10.6. The van der Waals surface area contributed by atoms with E-state index in [4.69, 9.17) is 10.8 Å². The quantitative estimate of drug-likeness (QED) is 0.652. The van der Waals surface area contributed by atoms with Gasteiger partial charge in [-0.05, 0) is 24.6 Å². The number of benzene rings is 1. The van der Waals surface area contributed by atoms with Gasteiger partial charge in [0, 0.05) is 5.69 Å². The number of aliphatic carboxylic acids is 1. The number of hydrogen-bond acceptors (Lipinski definition) is 2. The second-order valence-electron chi connectivity index (χ2n) is 2.73. The number of carbonyl (C=O) groups is 1. The first-order valence-corrected chi connectivity index (χ1v) is 3.69. The summed E-state index contributed by atoms with van der Waals surface area (Å²) in [5.74, 6) is -1.32. The van der Waals surface area contributed by atoms with Crippen molar-refractivity contribution < 1.29 is 9.90 Å². The van der Waals surface area contributed by atoms with Crippen LogP contribution in [0.25, 0.3) is 0 Å². The third-order valence-corrected chi connectivity index (χ3v) is 1.78. The van der Waals surface area contributed by atoms with Crippen molar-refractivity contribution in [2.45, 2.75) is 12.8 Å². The first-order valence-electron chi connectivity index (χ1n) is 3.69. The van der Waals surface area contributed by atoms with E-state index >= 15 is 0 Å². The standard InChI is InChI=1S/C9H11NO2/c1-6(9(11)12)7-3-2-4-8(10)5-7/h2-6H,10H2,1H3,(H,11,12). The second kappa shape index (κ2) is 3.26. The van der Waals surface area contributed by atoms with Crippen LogP contribution in [0, 0.1) is 0 Å². The number of rotatable bonds is 2. The fourth-order valence-electron chi connectivity index (χ4n) is 0.971. The molecule has 12 heavy (non-hydrogen) atoms. The average Bonchev–Trinajstić information content (AvgIpc) is 2.03. The first kappa shape index (κ1) is 8.59. The maximum absolute atomic E-state index is 10.6. The van der Waals surface area contributed by atoms with Gasteiger partial charge in [-0.15, -0.1) is 0 Å². The highest BCUT2D eigenvalue weighted by Gasteiger charge is 2.12. The minimum Gasteiger partial charge on any atom is -0.481 e. The van der Waals surface area contributed by atoms with E-state index < -0.39 is 11.9 Å². The maximum atomic E-state index is 10.6. The highest BCUT2D eigenvalue weighted by Crippen LogP contribution is 2.17. The predicted octanol–water partition coefficient (Wildman–Crippen LogP) is 1.46. The Hall–Kier alpha value is -1.51. The number of anilines is 1. The second-order valence-corrected chi connectivity index (χ2v) is 2.73. The molecular weight excluding hydrogens is 154 g/mol. The van der Waals surface area contributed by atoms with Crippen molar-refractivity contribution in [3.8, 4) is 0 Å². The van der Waals surface area contributed by atoms with Crippen LogP contribution in [0.4, 0.5) is 5.69 Å². The first-order chi connectivity index (χ1) is 5.61. The highest BCUT2D eigenvalue weighted by atomic mass is 16.4. The van der Waals surface area contributed by atoms with E-state index in [-0.39, 0.29) is 0 Å². The Morgan fingerprint density at radius 2 is 2.25 bits per heavy atom. The molecule has 64 valence electrons. The Morgan fingerprint density at radius 1 is 1.58 bits per heavy atom. The Labute approximate surface area is 70.8 Å². The van der Waals surface area contributed by atoms with Crippen molar-refractivity contribution in [3.05, 3.63) is 29.8 Å². The van der Waals surface area contributed by atoms with Crippen LogP contribution in [-0.4, -0.2) is 11.1 Å². The Balaban J connectivity index is 2.95. The molecule has 0 saturated carbocycles. The molecule has 3 heteroatoms. The molecular formula is C9H11NO2. The lowest BCUT2D eigenvalue weighted by Crippen LogP contribution is -2.07. The third kappa shape index (κ3) is 1.75. The fourth-order valence-corrected chi connectivity index (χ4v) is 0.971. The molecule has 0 aromatic heterocycles. The smallest absolute Gasteiger partial charge is 0.310 e. The molecule has 1 atom stereocenters. The van der Waals surface area contributed by atoms with Crippen LogP contribution in [0.1, 0.15) is 18.4 Å². The SMILES string of the molecule is CC(C(=O)O)c1cccc(N)c1. The summed E-state index contributed by atoms with van der Waals surface area (Å²) in [5.41, 5.74) is 6.84. The molecule has 0 aliphatic heterocycles. The van der Waals surface area contributed by atoms with Crippen LogP contribution in [0.5, 0.6) is 0 Å². The minimum absolute atomic E-state index is 0.492. The van der Waals surface area contributed by atoms with Gasteiger partial charge in [0.1, 0.15) is 0 Å². The molecule has 0 saturated heterocycles. The normalized spacial score (nSPS) is 12.4. The molecule has 0 amide bonds. The lowest BCUT2D eigenvalue weighted by atomic mass is 10.0. The Bertz CT molecular complexity index is 296. The molecule has 3 nitrogen and oxygen atoms in total. The molecule has 0 fully saturated rings. The maximum Gasteiger partial charge on any atom is 0.310 e. The molecule has 0 aliphatic carbocycles. The van der Waals surface area contributed by atoms with Gasteiger partial charge < -0.3 is 10.8 Å². The van der Waals surface area contributed by atoms with Gasteiger partial charge in [0.2, 0.25) is 0 Å². The van der Waals surface area contributed by atoms with Gasteiger partial charge in [-0.1, -0.05) is 12.1 Å². The zero-order valence-electron chi connectivity index (χ0n) is 6.82. The topological polar surface area (TPSA) is 63.3 Å². The van der Waals surface area contributed by atoms with Crippen LogP contribution in [0.15, 0.2) is 24.3 Å². The predicted molar refractivity (Wildman–Crippen MR) is 46.9 cm³/mol. The van der Waals surface area contributed by atoms with E-state index in [1.54, 1.807) is 31.2 Å². The molecule has 0 aliphatic rings. The molecule has 3 N–H and O–H groups in total. The lowest BCUT2D eigenvalue weighted by Gasteiger charge is -2.06. The highest BCUT2D eigenvalue weighted by molar-refractivity contribution is 5.75. The molecule has 0 spiro atoms. The van der Waals surface area contributed by atoms with Crippen LogP contribution in [0.3, 0.4) is 0 Å². The van der Waals surface area contributed by atoms with Gasteiger partial charge in [-0.25, -0.2) is 0 Å². The molecule has 0 bridgehead atoms. The van der Waals surface area contributed by atoms with E-state index in [1.165, 1.54) is 0 Å². The fraction of sp³-hybridized carbons (Fsp3) is 0.222. The molecule has 1 aromatic rings. The van der Waals surface area contributed by atoms with Crippen molar-refractivity contribution in [2.24, 2.45) is 0 Å². The number of hydrogen-bond donors (Lipinski definition) is 2. The van der Waals surface area contributed by atoms with Crippen molar-refractivity contribution in [2.75, 3.05) is 5.73 Å². The third-order valence-electron chi connectivity index (χ3n) is 1.78. The summed E-state index contributed by atoms with van der Waals surface area (Å²) in [7, 11) is 0. The zero-order chi connectivity index (χ0) is 9.14. The van der Waals surface area contributed by atoms with Crippen LogP contribution in [0.2, 0.25) is 0 Å². The summed E-state index contributed by atoms with van der Waals surface area (Å²) in [6.45, 7) is 1.64. The van der Waals surface area contributed by atoms with Gasteiger partial charge >= 0.3 is 5.97 Å². The molecule has 1 aromatic carbocycles. The number of carboxylic acid groups (broad SMARTS) is 1. The van der Waals surface area contributed by atoms with Gasteiger partial charge in [0.05, 0.1) is 5.92 Å².